The number of sulfonamides is 1. The summed E-state index contributed by atoms with van der Waals surface area (Å²) in [7, 11) is -0.729. The van der Waals surface area contributed by atoms with E-state index in [0.717, 1.165) is 9.18 Å². The quantitative estimate of drug-likeness (QED) is 0.808. The molecule has 0 aliphatic carbocycles. The average molecular weight is 411 g/mol. The smallest absolute Gasteiger partial charge is 0.259 e. The van der Waals surface area contributed by atoms with E-state index in [1.807, 2.05) is 11.8 Å². The van der Waals surface area contributed by atoms with E-state index in [1.165, 1.54) is 37.6 Å². The maximum Gasteiger partial charge on any atom is 0.259 e. The number of aryl methyl sites for hydroxylation is 1. The van der Waals surface area contributed by atoms with Gasteiger partial charge in [-0.05, 0) is 25.1 Å². The van der Waals surface area contributed by atoms with E-state index in [0.29, 0.717) is 42.7 Å². The maximum atomic E-state index is 12.9. The van der Waals surface area contributed by atoms with E-state index in [9.17, 15) is 13.2 Å². The first kappa shape index (κ1) is 19.7. The summed E-state index contributed by atoms with van der Waals surface area (Å²) in [5.74, 6) is -0.387. The number of rotatable bonds is 5. The summed E-state index contributed by atoms with van der Waals surface area (Å²) in [6.45, 7) is 4.29. The molecule has 0 radical (unpaired) electrons. The van der Waals surface area contributed by atoms with Crippen LogP contribution in [0.2, 0.25) is 0 Å². The van der Waals surface area contributed by atoms with Crippen molar-refractivity contribution in [2.45, 2.75) is 11.8 Å². The van der Waals surface area contributed by atoms with Gasteiger partial charge in [0.05, 0.1) is 23.7 Å². The van der Waals surface area contributed by atoms with Gasteiger partial charge in [0.2, 0.25) is 10.0 Å². The number of hydrogen-bond donors (Lipinski definition) is 1. The van der Waals surface area contributed by atoms with Gasteiger partial charge >= 0.3 is 0 Å². The molecule has 0 bridgehead atoms. The minimum Gasteiger partial charge on any atom is -0.378 e. The Bertz CT molecular complexity index is 934. The molecule has 146 valence electrons. The van der Waals surface area contributed by atoms with E-state index in [2.05, 4.69) is 10.3 Å². The number of anilines is 2. The van der Waals surface area contributed by atoms with Crippen LogP contribution in [0.4, 0.5) is 10.8 Å². The maximum absolute atomic E-state index is 12.9. The molecule has 2 heterocycles. The third-order valence-electron chi connectivity index (χ3n) is 4.18. The van der Waals surface area contributed by atoms with Crippen molar-refractivity contribution in [3.63, 3.8) is 0 Å². The SMILES string of the molecule is Cc1cnc(NC(=O)c2cc(S(=O)(=O)N(C)C)ccc2N2CCOCC2)s1. The van der Waals surface area contributed by atoms with E-state index in [4.69, 9.17) is 4.74 Å². The number of amides is 1. The van der Waals surface area contributed by atoms with Crippen LogP contribution in [0, 0.1) is 6.92 Å². The number of benzene rings is 1. The molecule has 1 aliphatic rings. The molecule has 1 amide bonds. The lowest BCUT2D eigenvalue weighted by Gasteiger charge is -2.30. The third-order valence-corrected chi connectivity index (χ3v) is 6.82. The zero-order valence-electron chi connectivity index (χ0n) is 15.4. The highest BCUT2D eigenvalue weighted by molar-refractivity contribution is 7.89. The van der Waals surface area contributed by atoms with Crippen LogP contribution in [0.1, 0.15) is 15.2 Å². The Hall–Kier alpha value is -2.01. The molecule has 0 spiro atoms. The summed E-state index contributed by atoms with van der Waals surface area (Å²) < 4.78 is 31.5. The number of ether oxygens (including phenoxy) is 1. The Morgan fingerprint density at radius 1 is 1.30 bits per heavy atom. The molecule has 1 fully saturated rings. The molecule has 0 unspecified atom stereocenters. The van der Waals surface area contributed by atoms with E-state index in [1.54, 1.807) is 12.3 Å². The van der Waals surface area contributed by atoms with Crippen LogP contribution in [0.25, 0.3) is 0 Å². The molecular formula is C17H22N4O4S2. The highest BCUT2D eigenvalue weighted by atomic mass is 32.2. The first-order chi connectivity index (χ1) is 12.8. The number of carbonyl (C=O) groups excluding carboxylic acids is 1. The molecule has 10 heteroatoms. The van der Waals surface area contributed by atoms with Gasteiger partial charge in [-0.3, -0.25) is 10.1 Å². The van der Waals surface area contributed by atoms with Crippen molar-refractivity contribution in [2.75, 3.05) is 50.6 Å². The van der Waals surface area contributed by atoms with Gasteiger partial charge in [0.15, 0.2) is 5.13 Å². The van der Waals surface area contributed by atoms with Crippen molar-refractivity contribution in [1.29, 1.82) is 0 Å². The summed E-state index contributed by atoms with van der Waals surface area (Å²) in [5.41, 5.74) is 0.981. The molecule has 1 aromatic carbocycles. The first-order valence-electron chi connectivity index (χ1n) is 8.42. The lowest BCUT2D eigenvalue weighted by atomic mass is 10.1. The van der Waals surface area contributed by atoms with Crippen LogP contribution >= 0.6 is 11.3 Å². The fraction of sp³-hybridized carbons (Fsp3) is 0.412. The Morgan fingerprint density at radius 3 is 2.59 bits per heavy atom. The lowest BCUT2D eigenvalue weighted by molar-refractivity contribution is 0.102. The molecule has 1 saturated heterocycles. The van der Waals surface area contributed by atoms with Crippen LogP contribution < -0.4 is 10.2 Å². The monoisotopic (exact) mass is 410 g/mol. The van der Waals surface area contributed by atoms with Gasteiger partial charge in [0.25, 0.3) is 5.91 Å². The van der Waals surface area contributed by atoms with Crippen LogP contribution in [-0.2, 0) is 14.8 Å². The van der Waals surface area contributed by atoms with Crippen LogP contribution in [-0.4, -0.2) is 64.0 Å². The zero-order valence-corrected chi connectivity index (χ0v) is 17.1. The molecule has 1 N–H and O–H groups in total. The molecule has 8 nitrogen and oxygen atoms in total. The molecule has 0 saturated carbocycles. The highest BCUT2D eigenvalue weighted by Gasteiger charge is 2.24. The summed E-state index contributed by atoms with van der Waals surface area (Å²) in [6, 6.07) is 4.64. The molecule has 1 aliphatic heterocycles. The second-order valence-corrected chi connectivity index (χ2v) is 9.68. The Morgan fingerprint density at radius 2 is 2.00 bits per heavy atom. The number of carbonyl (C=O) groups is 1. The van der Waals surface area contributed by atoms with Crippen molar-refractivity contribution in [3.05, 3.63) is 34.8 Å². The predicted octanol–water partition coefficient (Wildman–Crippen LogP) is 1.79. The standard InChI is InChI=1S/C17H22N4O4S2/c1-12-11-18-17(26-12)19-16(22)14-10-13(27(23,24)20(2)3)4-5-15(14)21-6-8-25-9-7-21/h4-5,10-11H,6-9H2,1-3H3,(H,18,19,22). The number of nitrogens with one attached hydrogen (secondary N) is 1. The highest BCUT2D eigenvalue weighted by Crippen LogP contribution is 2.27. The van der Waals surface area contributed by atoms with Crippen molar-refractivity contribution in [3.8, 4) is 0 Å². The van der Waals surface area contributed by atoms with Gasteiger partial charge in [0, 0.05) is 43.9 Å². The number of morpholine rings is 1. The number of aromatic nitrogens is 1. The van der Waals surface area contributed by atoms with Gasteiger partial charge in [-0.1, -0.05) is 0 Å². The largest absolute Gasteiger partial charge is 0.378 e. The van der Waals surface area contributed by atoms with Crippen molar-refractivity contribution in [2.24, 2.45) is 0 Å². The number of hydrogen-bond acceptors (Lipinski definition) is 7. The predicted molar refractivity (Wildman–Crippen MR) is 105 cm³/mol. The minimum absolute atomic E-state index is 0.0741. The summed E-state index contributed by atoms with van der Waals surface area (Å²) in [4.78, 5) is 20.1. The Balaban J connectivity index is 2.01. The summed E-state index contributed by atoms with van der Waals surface area (Å²) in [5, 5.41) is 3.25. The van der Waals surface area contributed by atoms with E-state index < -0.39 is 10.0 Å². The van der Waals surface area contributed by atoms with E-state index in [-0.39, 0.29) is 10.8 Å². The summed E-state index contributed by atoms with van der Waals surface area (Å²) >= 11 is 1.36. The molecule has 2 aromatic rings. The molecule has 27 heavy (non-hydrogen) atoms. The molecule has 0 atom stereocenters. The van der Waals surface area contributed by atoms with Gasteiger partial charge in [-0.2, -0.15) is 0 Å². The Labute approximate surface area is 162 Å². The Kier molecular flexibility index (Phi) is 5.80. The minimum atomic E-state index is -3.65. The second kappa shape index (κ2) is 7.93. The molecule has 1 aromatic heterocycles. The van der Waals surface area contributed by atoms with Crippen LogP contribution in [0.15, 0.2) is 29.3 Å². The van der Waals surface area contributed by atoms with Crippen molar-refractivity contribution < 1.29 is 17.9 Å². The zero-order chi connectivity index (χ0) is 19.6. The third kappa shape index (κ3) is 4.29. The summed E-state index contributed by atoms with van der Waals surface area (Å²) in [6.07, 6.45) is 1.68. The molecular weight excluding hydrogens is 388 g/mol. The van der Waals surface area contributed by atoms with Crippen LogP contribution in [0.5, 0.6) is 0 Å². The van der Waals surface area contributed by atoms with Gasteiger partial charge < -0.3 is 9.64 Å². The second-order valence-electron chi connectivity index (χ2n) is 6.30. The fourth-order valence-electron chi connectivity index (χ4n) is 2.73. The van der Waals surface area contributed by atoms with E-state index >= 15 is 0 Å². The number of thiazole rings is 1. The normalized spacial score (nSPS) is 15.2. The fourth-order valence-corrected chi connectivity index (χ4v) is 4.31. The number of nitrogens with zero attached hydrogens (tertiary/aromatic N) is 3. The lowest BCUT2D eigenvalue weighted by Crippen LogP contribution is -2.37. The van der Waals surface area contributed by atoms with Crippen molar-refractivity contribution in [1.82, 2.24) is 9.29 Å². The average Bonchev–Trinajstić information content (AvgIpc) is 3.06. The van der Waals surface area contributed by atoms with Gasteiger partial charge in [0.1, 0.15) is 0 Å². The topological polar surface area (TPSA) is 91.8 Å². The van der Waals surface area contributed by atoms with Gasteiger partial charge in [-0.15, -0.1) is 11.3 Å². The van der Waals surface area contributed by atoms with Gasteiger partial charge in [-0.25, -0.2) is 17.7 Å². The molecule has 3 rings (SSSR count). The van der Waals surface area contributed by atoms with Crippen LogP contribution in [0.3, 0.4) is 0 Å². The first-order valence-corrected chi connectivity index (χ1v) is 10.7. The van der Waals surface area contributed by atoms with Crippen molar-refractivity contribution >= 4 is 38.1 Å².